The molecule has 2 aromatic rings. The van der Waals surface area contributed by atoms with Crippen molar-refractivity contribution in [3.8, 4) is 23.0 Å². The fraction of sp³-hybridized carbons (Fsp3) is 0.250. The summed E-state index contributed by atoms with van der Waals surface area (Å²) in [7, 11) is 1.47. The van der Waals surface area contributed by atoms with Crippen LogP contribution in [0.4, 0.5) is 4.39 Å². The van der Waals surface area contributed by atoms with Crippen molar-refractivity contribution in [3.63, 3.8) is 0 Å². The van der Waals surface area contributed by atoms with Crippen LogP contribution in [0, 0.1) is 5.82 Å². The Morgan fingerprint density at radius 2 is 1.95 bits per heavy atom. The second-order valence-corrected chi connectivity index (χ2v) is 5.14. The number of phenols is 2. The van der Waals surface area contributed by atoms with Gasteiger partial charge in [-0.3, -0.25) is 0 Å². The van der Waals surface area contributed by atoms with Crippen LogP contribution < -0.4 is 9.47 Å². The molecular formula is C16H15FO5. The minimum atomic E-state index is -0.934. The molecule has 0 saturated heterocycles. The molecule has 0 aliphatic carbocycles. The van der Waals surface area contributed by atoms with E-state index in [0.717, 1.165) is 6.07 Å². The first-order valence-corrected chi connectivity index (χ1v) is 6.72. The van der Waals surface area contributed by atoms with E-state index in [4.69, 9.17) is 9.47 Å². The van der Waals surface area contributed by atoms with Crippen LogP contribution in [0.2, 0.25) is 0 Å². The van der Waals surface area contributed by atoms with Gasteiger partial charge in [0.15, 0.2) is 11.6 Å². The van der Waals surface area contributed by atoms with Gasteiger partial charge in [-0.2, -0.15) is 0 Å². The lowest BCUT2D eigenvalue weighted by molar-refractivity contribution is 0.0196. The van der Waals surface area contributed by atoms with Gasteiger partial charge in [-0.25, -0.2) is 4.39 Å². The Kier molecular flexibility index (Phi) is 3.54. The molecule has 116 valence electrons. The number of hydrogen-bond donors (Lipinski definition) is 3. The molecule has 1 aliphatic rings. The zero-order valence-corrected chi connectivity index (χ0v) is 11.8. The highest BCUT2D eigenvalue weighted by molar-refractivity contribution is 5.52. The molecule has 2 aromatic carbocycles. The number of phenolic OH excluding ortho intramolecular Hbond substituents is 2. The third-order valence-electron chi connectivity index (χ3n) is 3.71. The van der Waals surface area contributed by atoms with Crippen LogP contribution in [0.25, 0.3) is 0 Å². The summed E-state index contributed by atoms with van der Waals surface area (Å²) < 4.78 is 23.9. The molecule has 3 rings (SSSR count). The van der Waals surface area contributed by atoms with Crippen molar-refractivity contribution in [2.75, 3.05) is 7.11 Å². The minimum Gasteiger partial charge on any atom is -0.507 e. The molecular weight excluding hydrogens is 291 g/mol. The highest BCUT2D eigenvalue weighted by atomic mass is 19.1. The van der Waals surface area contributed by atoms with E-state index in [0.29, 0.717) is 22.6 Å². The normalized spacial score (nSPS) is 20.1. The van der Waals surface area contributed by atoms with E-state index in [1.807, 2.05) is 0 Å². The lowest BCUT2D eigenvalue weighted by Crippen LogP contribution is -2.30. The van der Waals surface area contributed by atoms with Crippen LogP contribution in [0.15, 0.2) is 30.3 Å². The number of hydrogen-bond acceptors (Lipinski definition) is 5. The first-order valence-electron chi connectivity index (χ1n) is 6.72. The molecule has 2 atom stereocenters. The second kappa shape index (κ2) is 5.38. The number of ether oxygens (including phenoxy) is 2. The number of methoxy groups -OCH3 is 1. The Morgan fingerprint density at radius 1 is 1.18 bits per heavy atom. The summed E-state index contributed by atoms with van der Waals surface area (Å²) in [6.07, 6.45) is -1.53. The third kappa shape index (κ3) is 2.42. The van der Waals surface area contributed by atoms with Gasteiger partial charge in [-0.05, 0) is 17.7 Å². The number of aliphatic hydroxyl groups is 1. The maximum atomic E-state index is 13.2. The van der Waals surface area contributed by atoms with E-state index in [9.17, 15) is 19.7 Å². The molecule has 6 heteroatoms. The summed E-state index contributed by atoms with van der Waals surface area (Å²) in [4.78, 5) is 0. The molecule has 5 nitrogen and oxygen atoms in total. The average Bonchev–Trinajstić information content (AvgIpc) is 2.50. The van der Waals surface area contributed by atoms with Crippen LogP contribution in [0.3, 0.4) is 0 Å². The zero-order chi connectivity index (χ0) is 15.9. The number of aromatic hydroxyl groups is 2. The van der Waals surface area contributed by atoms with Crippen molar-refractivity contribution in [2.24, 2.45) is 0 Å². The first-order chi connectivity index (χ1) is 10.5. The summed E-state index contributed by atoms with van der Waals surface area (Å²) in [5, 5.41) is 29.7. The van der Waals surface area contributed by atoms with Crippen LogP contribution in [0.1, 0.15) is 17.2 Å². The summed E-state index contributed by atoms with van der Waals surface area (Å²) >= 11 is 0. The van der Waals surface area contributed by atoms with Crippen molar-refractivity contribution in [1.82, 2.24) is 0 Å². The van der Waals surface area contributed by atoms with E-state index in [1.165, 1.54) is 25.3 Å². The van der Waals surface area contributed by atoms with Crippen LogP contribution in [0.5, 0.6) is 23.0 Å². The lowest BCUT2D eigenvalue weighted by atomic mass is 9.94. The highest BCUT2D eigenvalue weighted by Crippen LogP contribution is 2.42. The Hall–Kier alpha value is -2.47. The number of rotatable bonds is 2. The molecule has 1 aliphatic heterocycles. The summed E-state index contributed by atoms with van der Waals surface area (Å²) in [5.41, 5.74) is 0.926. The summed E-state index contributed by atoms with van der Waals surface area (Å²) in [6.45, 7) is 0. The lowest BCUT2D eigenvalue weighted by Gasteiger charge is -2.31. The zero-order valence-electron chi connectivity index (χ0n) is 11.8. The smallest absolute Gasteiger partial charge is 0.164 e. The predicted octanol–water partition coefficient (Wildman–Crippen LogP) is 2.28. The maximum absolute atomic E-state index is 13.2. The molecule has 0 radical (unpaired) electrons. The predicted molar refractivity (Wildman–Crippen MR) is 75.8 cm³/mol. The summed E-state index contributed by atoms with van der Waals surface area (Å²) in [6, 6.07) is 6.82. The van der Waals surface area contributed by atoms with Gasteiger partial charge < -0.3 is 24.8 Å². The monoisotopic (exact) mass is 306 g/mol. The Morgan fingerprint density at radius 3 is 2.64 bits per heavy atom. The average molecular weight is 306 g/mol. The topological polar surface area (TPSA) is 79.2 Å². The van der Waals surface area contributed by atoms with Gasteiger partial charge in [-0.1, -0.05) is 6.07 Å². The molecule has 22 heavy (non-hydrogen) atoms. The molecule has 0 bridgehead atoms. The van der Waals surface area contributed by atoms with Gasteiger partial charge in [0, 0.05) is 24.1 Å². The number of aliphatic hydroxyl groups excluding tert-OH is 1. The van der Waals surface area contributed by atoms with Gasteiger partial charge in [-0.15, -0.1) is 0 Å². The molecule has 0 unspecified atom stereocenters. The van der Waals surface area contributed by atoms with Crippen molar-refractivity contribution >= 4 is 0 Å². The van der Waals surface area contributed by atoms with E-state index < -0.39 is 23.8 Å². The number of halogens is 1. The standard InChI is InChI=1S/C16H15FO5/c1-21-9-5-12(18)10-7-14(20)16(22-15(10)6-9)8-2-3-11(17)13(19)4-8/h2-6,14,16,18-20H,7H2,1H3/t14-,16-/m0/s1. The molecule has 0 amide bonds. The van der Waals surface area contributed by atoms with Crippen molar-refractivity contribution in [2.45, 2.75) is 18.6 Å². The Bertz CT molecular complexity index is 716. The van der Waals surface area contributed by atoms with E-state index in [1.54, 1.807) is 6.07 Å². The second-order valence-electron chi connectivity index (χ2n) is 5.14. The Labute approximate surface area is 126 Å². The third-order valence-corrected chi connectivity index (χ3v) is 3.71. The molecule has 0 fully saturated rings. The molecule has 0 spiro atoms. The van der Waals surface area contributed by atoms with Gasteiger partial charge in [0.25, 0.3) is 0 Å². The van der Waals surface area contributed by atoms with Gasteiger partial charge >= 0.3 is 0 Å². The van der Waals surface area contributed by atoms with Crippen molar-refractivity contribution in [3.05, 3.63) is 47.3 Å². The number of fused-ring (bicyclic) bond motifs is 1. The molecule has 3 N–H and O–H groups in total. The number of benzene rings is 2. The highest BCUT2D eigenvalue weighted by Gasteiger charge is 2.32. The van der Waals surface area contributed by atoms with E-state index >= 15 is 0 Å². The quantitative estimate of drug-likeness (QED) is 0.793. The largest absolute Gasteiger partial charge is 0.507 e. The summed E-state index contributed by atoms with van der Waals surface area (Å²) in [5.74, 6) is -0.459. The molecule has 0 saturated carbocycles. The van der Waals surface area contributed by atoms with E-state index in [2.05, 4.69) is 0 Å². The van der Waals surface area contributed by atoms with Gasteiger partial charge in [0.1, 0.15) is 23.4 Å². The van der Waals surface area contributed by atoms with Crippen molar-refractivity contribution < 1.29 is 29.2 Å². The van der Waals surface area contributed by atoms with Crippen LogP contribution in [-0.2, 0) is 6.42 Å². The molecule has 0 aromatic heterocycles. The molecule has 1 heterocycles. The first kappa shape index (κ1) is 14.5. The van der Waals surface area contributed by atoms with Crippen molar-refractivity contribution in [1.29, 1.82) is 0 Å². The van der Waals surface area contributed by atoms with Gasteiger partial charge in [0.2, 0.25) is 0 Å². The fourth-order valence-corrected chi connectivity index (χ4v) is 2.56. The minimum absolute atomic E-state index is 0.0196. The fourth-order valence-electron chi connectivity index (χ4n) is 2.56. The van der Waals surface area contributed by atoms with Gasteiger partial charge in [0.05, 0.1) is 13.2 Å². The Balaban J connectivity index is 1.99. The maximum Gasteiger partial charge on any atom is 0.164 e. The van der Waals surface area contributed by atoms with E-state index in [-0.39, 0.29) is 12.2 Å². The van der Waals surface area contributed by atoms with Crippen LogP contribution >= 0.6 is 0 Å². The van der Waals surface area contributed by atoms with Crippen LogP contribution in [-0.4, -0.2) is 28.5 Å². The SMILES string of the molecule is COc1cc(O)c2c(c1)O[C@@H](c1ccc(F)c(O)c1)[C@@H](O)C2.